The minimum absolute atomic E-state index is 0.00316. The number of rotatable bonds is 12. The number of carbonyl (C=O) groups is 4. The smallest absolute Gasteiger partial charge is 0.408 e. The average molecular weight is 813 g/mol. The number of halogens is 1. The lowest BCUT2D eigenvalue weighted by Gasteiger charge is -2.35. The van der Waals surface area contributed by atoms with Crippen LogP contribution in [0.25, 0.3) is 10.9 Å². The summed E-state index contributed by atoms with van der Waals surface area (Å²) in [5.41, 5.74) is -1.00. The Morgan fingerprint density at radius 2 is 1.82 bits per heavy atom. The van der Waals surface area contributed by atoms with Gasteiger partial charge in [0.2, 0.25) is 11.8 Å². The van der Waals surface area contributed by atoms with Crippen LogP contribution >= 0.6 is 23.4 Å². The Morgan fingerprint density at radius 1 is 1.09 bits per heavy atom. The molecule has 0 bridgehead atoms. The van der Waals surface area contributed by atoms with Crippen molar-refractivity contribution in [2.45, 2.75) is 127 Å². The molecule has 1 saturated heterocycles. The van der Waals surface area contributed by atoms with Crippen LogP contribution in [0.15, 0.2) is 29.3 Å². The number of amides is 3. The predicted molar refractivity (Wildman–Crippen MR) is 213 cm³/mol. The zero-order valence-corrected chi connectivity index (χ0v) is 34.5. The number of nitrogens with zero attached hydrogens (tertiary/aromatic N) is 3. The SMILES string of the molecule is CCC1C[C@]1(NC(=O)[C@@H]1C[C@@H](Oc2cc(C3N=C(NC(C)C)SC3Cl)nc3cc(OC)ccc23)CN1C(=O)C(NC(=O)OC1C[C@@H]2C[C@@H]2C1)C(C)(C)C)C(=O)O. The second-order valence-corrected chi connectivity index (χ2v) is 19.2. The van der Waals surface area contributed by atoms with Crippen LogP contribution in [-0.4, -0.2) is 98.3 Å². The second kappa shape index (κ2) is 15.4. The van der Waals surface area contributed by atoms with E-state index in [-0.39, 0.29) is 31.0 Å². The third-order valence-electron chi connectivity index (χ3n) is 11.8. The van der Waals surface area contributed by atoms with E-state index in [1.165, 1.54) is 23.1 Å². The van der Waals surface area contributed by atoms with Gasteiger partial charge in [-0.3, -0.25) is 19.6 Å². The number of fused-ring (bicyclic) bond motifs is 2. The van der Waals surface area contributed by atoms with E-state index in [0.29, 0.717) is 57.9 Å². The summed E-state index contributed by atoms with van der Waals surface area (Å²) >= 11 is 8.24. The first-order valence-corrected chi connectivity index (χ1v) is 20.9. The number of pyridine rings is 1. The Morgan fingerprint density at radius 3 is 2.45 bits per heavy atom. The number of likely N-dealkylation sites (tertiary alicyclic amines) is 1. The summed E-state index contributed by atoms with van der Waals surface area (Å²) in [5, 5.41) is 20.5. The van der Waals surface area contributed by atoms with Crippen LogP contribution in [0.4, 0.5) is 4.79 Å². The lowest BCUT2D eigenvalue weighted by Crippen LogP contribution is -2.59. The molecule has 2 aliphatic heterocycles. The fraction of sp³-hybridized carbons (Fsp3) is 0.650. The number of alkyl halides is 1. The van der Waals surface area contributed by atoms with Gasteiger partial charge < -0.3 is 40.2 Å². The van der Waals surface area contributed by atoms with Gasteiger partial charge in [-0.1, -0.05) is 45.9 Å². The van der Waals surface area contributed by atoms with Crippen LogP contribution in [-0.2, 0) is 19.1 Å². The number of alkyl carbamates (subject to hydrolysis) is 1. The Kier molecular flexibility index (Phi) is 11.1. The van der Waals surface area contributed by atoms with Crippen molar-refractivity contribution >= 4 is 63.3 Å². The summed E-state index contributed by atoms with van der Waals surface area (Å²) in [6, 6.07) is 4.77. The number of aliphatic carboxylic acids is 1. The first-order valence-electron chi connectivity index (χ1n) is 19.6. The predicted octanol–water partition coefficient (Wildman–Crippen LogP) is 5.61. The molecule has 4 N–H and O–H groups in total. The highest BCUT2D eigenvalue weighted by atomic mass is 35.5. The molecule has 2 aromatic rings. The molecule has 3 heterocycles. The van der Waals surface area contributed by atoms with Gasteiger partial charge in [-0.2, -0.15) is 0 Å². The normalized spacial score (nSPS) is 31.0. The Labute approximate surface area is 336 Å². The fourth-order valence-electron chi connectivity index (χ4n) is 8.50. The minimum atomic E-state index is -1.40. The summed E-state index contributed by atoms with van der Waals surface area (Å²) in [6.07, 6.45) is 2.24. The number of carboxylic acid groups (broad SMARTS) is 1. The van der Waals surface area contributed by atoms with Crippen LogP contribution in [0.1, 0.15) is 91.8 Å². The van der Waals surface area contributed by atoms with Crippen LogP contribution in [0, 0.1) is 23.2 Å². The summed E-state index contributed by atoms with van der Waals surface area (Å²) in [6.45, 7) is 11.4. The molecule has 56 heavy (non-hydrogen) atoms. The number of thioether (sulfide) groups is 1. The molecule has 1 aromatic carbocycles. The molecule has 3 saturated carbocycles. The summed E-state index contributed by atoms with van der Waals surface area (Å²) in [5.74, 6) is -0.127. The summed E-state index contributed by atoms with van der Waals surface area (Å²) in [7, 11) is 1.57. The van der Waals surface area contributed by atoms with Gasteiger partial charge in [0, 0.05) is 30.0 Å². The highest BCUT2D eigenvalue weighted by molar-refractivity contribution is 8.15. The maximum atomic E-state index is 14.7. The van der Waals surface area contributed by atoms with E-state index in [9.17, 15) is 24.3 Å². The summed E-state index contributed by atoms with van der Waals surface area (Å²) in [4.78, 5) is 65.7. The van der Waals surface area contributed by atoms with E-state index in [1.807, 2.05) is 47.6 Å². The van der Waals surface area contributed by atoms with Gasteiger partial charge in [0.15, 0.2) is 5.17 Å². The number of hydrogen-bond donors (Lipinski definition) is 4. The molecule has 7 rings (SSSR count). The van der Waals surface area contributed by atoms with Crippen molar-refractivity contribution in [1.82, 2.24) is 25.8 Å². The van der Waals surface area contributed by atoms with Crippen molar-refractivity contribution in [3.63, 3.8) is 0 Å². The zero-order chi connectivity index (χ0) is 40.3. The van der Waals surface area contributed by atoms with Gasteiger partial charge in [-0.05, 0) is 74.8 Å². The number of carbonyl (C=O) groups excluding carboxylic acids is 3. The number of methoxy groups -OCH3 is 1. The minimum Gasteiger partial charge on any atom is -0.497 e. The van der Waals surface area contributed by atoms with Crippen LogP contribution < -0.4 is 25.4 Å². The molecule has 3 amide bonds. The van der Waals surface area contributed by atoms with E-state index in [0.717, 1.165) is 12.8 Å². The highest BCUT2D eigenvalue weighted by Gasteiger charge is 2.61. The number of aromatic nitrogens is 1. The number of ether oxygens (including phenoxy) is 3. The Balaban J connectivity index is 1.18. The van der Waals surface area contributed by atoms with E-state index < -0.39 is 63.8 Å². The van der Waals surface area contributed by atoms with Gasteiger partial charge >= 0.3 is 12.1 Å². The van der Waals surface area contributed by atoms with E-state index >= 15 is 0 Å². The third-order valence-corrected chi connectivity index (χ3v) is 13.2. The number of hydrogen-bond acceptors (Lipinski definition) is 11. The fourth-order valence-corrected chi connectivity index (χ4v) is 9.96. The van der Waals surface area contributed by atoms with Crippen molar-refractivity contribution in [2.75, 3.05) is 13.7 Å². The molecular weight excluding hydrogens is 760 g/mol. The number of amidine groups is 1. The molecule has 0 radical (unpaired) electrons. The van der Waals surface area contributed by atoms with Crippen molar-refractivity contribution in [1.29, 1.82) is 0 Å². The Bertz CT molecular complexity index is 1910. The van der Waals surface area contributed by atoms with Crippen LogP contribution in [0.5, 0.6) is 11.5 Å². The molecule has 5 aliphatic rings. The van der Waals surface area contributed by atoms with E-state index in [2.05, 4.69) is 16.0 Å². The quantitative estimate of drug-likeness (QED) is 0.196. The maximum absolute atomic E-state index is 14.7. The monoisotopic (exact) mass is 812 g/mol. The average Bonchev–Trinajstić information content (AvgIpc) is 3.86. The van der Waals surface area contributed by atoms with Crippen molar-refractivity contribution in [3.8, 4) is 11.5 Å². The molecular formula is C40H53ClN6O8S. The lowest BCUT2D eigenvalue weighted by atomic mass is 9.85. The van der Waals surface area contributed by atoms with Gasteiger partial charge in [-0.15, -0.1) is 11.6 Å². The van der Waals surface area contributed by atoms with Gasteiger partial charge in [0.1, 0.15) is 52.1 Å². The number of benzene rings is 1. The molecule has 10 atom stereocenters. The molecule has 0 spiro atoms. The largest absolute Gasteiger partial charge is 0.497 e. The van der Waals surface area contributed by atoms with Gasteiger partial charge in [0.25, 0.3) is 0 Å². The molecule has 14 nitrogen and oxygen atoms in total. The Hall–Kier alpha value is -3.98. The lowest BCUT2D eigenvalue weighted by molar-refractivity contribution is -0.146. The first kappa shape index (κ1) is 40.2. The third kappa shape index (κ3) is 8.21. The molecule has 16 heteroatoms. The second-order valence-electron chi connectivity index (χ2n) is 17.3. The molecule has 3 aliphatic carbocycles. The molecule has 5 unspecified atom stereocenters. The van der Waals surface area contributed by atoms with Crippen LogP contribution in [0.2, 0.25) is 0 Å². The van der Waals surface area contributed by atoms with E-state index in [4.69, 9.17) is 35.8 Å². The number of nitrogens with one attached hydrogen (secondary N) is 3. The zero-order valence-electron chi connectivity index (χ0n) is 33.0. The van der Waals surface area contributed by atoms with Gasteiger partial charge in [-0.25, -0.2) is 9.59 Å². The van der Waals surface area contributed by atoms with Crippen molar-refractivity contribution < 1.29 is 38.5 Å². The van der Waals surface area contributed by atoms with Crippen LogP contribution in [0.3, 0.4) is 0 Å². The molecule has 1 aromatic heterocycles. The number of carboxylic acids is 1. The summed E-state index contributed by atoms with van der Waals surface area (Å²) < 4.78 is 17.6. The van der Waals surface area contributed by atoms with Crippen molar-refractivity contribution in [2.24, 2.45) is 28.2 Å². The standard InChI is InChI=1S/C40H53ClN6O8S/c1-8-22-17-40(22,36(50)51)46-34(48)29-15-25(18-47(29)35(49)32(39(4,5)6)45-38(52)55-24-12-20-11-21(20)13-24)54-30-16-28(31-33(41)56-37(44-31)42-19(2)3)43-27-14-23(53-7)9-10-26(27)30/h9-10,14,16,19-22,24-25,29,31-33H,8,11-13,15,17-18H2,1-7H3,(H,42,44)(H,45,52)(H,46,48)(H,50,51)/t20-,21+,22?,24?,25-,29+,31?,32?,33?,40-/m1/s1. The highest BCUT2D eigenvalue weighted by Crippen LogP contribution is 2.52. The van der Waals surface area contributed by atoms with Crippen molar-refractivity contribution in [3.05, 3.63) is 30.0 Å². The van der Waals surface area contributed by atoms with E-state index in [1.54, 1.807) is 25.3 Å². The molecule has 304 valence electrons. The first-order chi connectivity index (χ1) is 26.5. The van der Waals surface area contributed by atoms with Gasteiger partial charge in [0.05, 0.1) is 24.9 Å². The maximum Gasteiger partial charge on any atom is 0.408 e. The topological polar surface area (TPSA) is 181 Å². The molecule has 4 fully saturated rings. The number of aliphatic imine (C=N–C) groups is 1.